The number of nitrogens with zero attached hydrogens (tertiary/aromatic N) is 2. The van der Waals surface area contributed by atoms with Crippen LogP contribution < -0.4 is 26.6 Å². The average molecular weight is 364 g/mol. The lowest BCUT2D eigenvalue weighted by Gasteiger charge is -2.40. The number of hydrogen-bond donors (Lipinski definition) is 4. The van der Waals surface area contributed by atoms with Gasteiger partial charge in [0.15, 0.2) is 0 Å². The Morgan fingerprint density at radius 3 is 2.63 bits per heavy atom. The Hall–Kier alpha value is -2.57. The summed E-state index contributed by atoms with van der Waals surface area (Å²) in [5.41, 5.74) is 11.9. The molecule has 1 unspecified atom stereocenters. The summed E-state index contributed by atoms with van der Waals surface area (Å²) in [5.74, 6) is -0.958. The van der Waals surface area contributed by atoms with Gasteiger partial charge in [0.25, 0.3) is 0 Å². The standard InChI is InChI=1S/C21H28N6/c1-20(2)14-27(11-10-24-20)18-8-5-16(6-9-18)21(22)25-13-15-4-7-17(23-3)12-19(15)26-21/h4-9,12-13,23-24,26H,10-11,14,22H2,1-3H3. The number of aliphatic imine (C=N–C) groups is 1. The zero-order valence-electron chi connectivity index (χ0n) is 16.2. The van der Waals surface area contributed by atoms with E-state index in [-0.39, 0.29) is 5.54 Å². The van der Waals surface area contributed by atoms with Gasteiger partial charge < -0.3 is 20.9 Å². The van der Waals surface area contributed by atoms with Crippen LogP contribution in [0.5, 0.6) is 0 Å². The lowest BCUT2D eigenvalue weighted by molar-refractivity contribution is 0.353. The largest absolute Gasteiger partial charge is 0.388 e. The third-order valence-corrected chi connectivity index (χ3v) is 5.32. The predicted octanol–water partition coefficient (Wildman–Crippen LogP) is 2.53. The first kappa shape index (κ1) is 17.8. The SMILES string of the molecule is CNc1ccc2c(c1)NC(N)(c1ccc(N3CCNC(C)(C)C3)cc1)N=C2. The number of fused-ring (bicyclic) bond motifs is 1. The number of anilines is 3. The Bertz CT molecular complexity index is 857. The molecule has 142 valence electrons. The Kier molecular flexibility index (Phi) is 4.32. The van der Waals surface area contributed by atoms with Gasteiger partial charge in [0.1, 0.15) is 0 Å². The van der Waals surface area contributed by atoms with Gasteiger partial charge in [0.2, 0.25) is 5.79 Å². The van der Waals surface area contributed by atoms with E-state index in [2.05, 4.69) is 70.0 Å². The molecule has 2 aliphatic heterocycles. The molecule has 0 saturated carbocycles. The van der Waals surface area contributed by atoms with Crippen molar-refractivity contribution in [1.29, 1.82) is 0 Å². The third-order valence-electron chi connectivity index (χ3n) is 5.32. The number of nitrogens with two attached hydrogens (primary N) is 1. The molecule has 0 aliphatic carbocycles. The summed E-state index contributed by atoms with van der Waals surface area (Å²) < 4.78 is 0. The number of hydrogen-bond acceptors (Lipinski definition) is 6. The van der Waals surface area contributed by atoms with Crippen LogP contribution >= 0.6 is 0 Å². The van der Waals surface area contributed by atoms with Crippen molar-refractivity contribution >= 4 is 23.3 Å². The van der Waals surface area contributed by atoms with E-state index in [0.29, 0.717) is 0 Å². The van der Waals surface area contributed by atoms with E-state index >= 15 is 0 Å². The second-order valence-corrected chi connectivity index (χ2v) is 7.98. The molecule has 4 rings (SSSR count). The van der Waals surface area contributed by atoms with Gasteiger partial charge in [0, 0.05) is 66.6 Å². The van der Waals surface area contributed by atoms with E-state index in [1.807, 2.05) is 25.4 Å². The summed E-state index contributed by atoms with van der Waals surface area (Å²) >= 11 is 0. The molecular formula is C21H28N6. The van der Waals surface area contributed by atoms with Gasteiger partial charge in [-0.05, 0) is 44.2 Å². The number of rotatable bonds is 3. The molecule has 1 fully saturated rings. The van der Waals surface area contributed by atoms with Crippen molar-refractivity contribution in [3.63, 3.8) is 0 Å². The van der Waals surface area contributed by atoms with Gasteiger partial charge in [0.05, 0.1) is 0 Å². The van der Waals surface area contributed by atoms with Gasteiger partial charge in [-0.2, -0.15) is 0 Å². The molecular weight excluding hydrogens is 336 g/mol. The van der Waals surface area contributed by atoms with Gasteiger partial charge in [-0.15, -0.1) is 0 Å². The topological polar surface area (TPSA) is 77.7 Å². The molecule has 2 heterocycles. The maximum absolute atomic E-state index is 6.61. The van der Waals surface area contributed by atoms with Gasteiger partial charge in [-0.1, -0.05) is 12.1 Å². The van der Waals surface area contributed by atoms with E-state index in [0.717, 1.165) is 42.1 Å². The van der Waals surface area contributed by atoms with E-state index in [9.17, 15) is 0 Å². The summed E-state index contributed by atoms with van der Waals surface area (Å²) in [7, 11) is 1.91. The second-order valence-electron chi connectivity index (χ2n) is 7.98. The van der Waals surface area contributed by atoms with Crippen molar-refractivity contribution in [3.8, 4) is 0 Å². The molecule has 0 spiro atoms. The van der Waals surface area contributed by atoms with Crippen LogP contribution in [0, 0.1) is 0 Å². The summed E-state index contributed by atoms with van der Waals surface area (Å²) in [6.45, 7) is 7.45. The molecule has 0 aromatic heterocycles. The molecule has 6 nitrogen and oxygen atoms in total. The molecule has 0 amide bonds. The minimum Gasteiger partial charge on any atom is -0.388 e. The highest BCUT2D eigenvalue weighted by Gasteiger charge is 2.30. The van der Waals surface area contributed by atoms with Crippen LogP contribution in [0.1, 0.15) is 25.0 Å². The molecule has 0 radical (unpaired) electrons. The molecule has 2 aliphatic rings. The molecule has 2 aromatic carbocycles. The summed E-state index contributed by atoms with van der Waals surface area (Å²) in [4.78, 5) is 7.00. The Balaban J connectivity index is 1.57. The first-order valence-electron chi connectivity index (χ1n) is 9.43. The number of benzene rings is 2. The van der Waals surface area contributed by atoms with Crippen LogP contribution in [0.3, 0.4) is 0 Å². The van der Waals surface area contributed by atoms with Crippen molar-refractivity contribution in [2.24, 2.45) is 10.7 Å². The predicted molar refractivity (Wildman–Crippen MR) is 114 cm³/mol. The number of piperazine rings is 1. The highest BCUT2D eigenvalue weighted by Crippen LogP contribution is 2.32. The van der Waals surface area contributed by atoms with Crippen LogP contribution in [0.2, 0.25) is 0 Å². The fourth-order valence-electron chi connectivity index (χ4n) is 3.78. The van der Waals surface area contributed by atoms with Crippen LogP contribution in [-0.2, 0) is 5.79 Å². The van der Waals surface area contributed by atoms with Crippen LogP contribution in [0.4, 0.5) is 17.1 Å². The van der Waals surface area contributed by atoms with Crippen molar-refractivity contribution in [3.05, 3.63) is 53.6 Å². The summed E-state index contributed by atoms with van der Waals surface area (Å²) in [6, 6.07) is 14.5. The van der Waals surface area contributed by atoms with E-state index in [1.165, 1.54) is 5.69 Å². The fraction of sp³-hybridized carbons (Fsp3) is 0.381. The quantitative estimate of drug-likeness (QED) is 0.673. The monoisotopic (exact) mass is 364 g/mol. The number of nitrogens with one attached hydrogen (secondary N) is 3. The zero-order valence-corrected chi connectivity index (χ0v) is 16.2. The van der Waals surface area contributed by atoms with Crippen LogP contribution in [0.25, 0.3) is 0 Å². The molecule has 1 atom stereocenters. The van der Waals surface area contributed by atoms with E-state index in [4.69, 9.17) is 5.73 Å². The minimum absolute atomic E-state index is 0.121. The molecule has 5 N–H and O–H groups in total. The Morgan fingerprint density at radius 2 is 1.93 bits per heavy atom. The molecule has 27 heavy (non-hydrogen) atoms. The first-order chi connectivity index (χ1) is 12.9. The maximum atomic E-state index is 6.61. The maximum Gasteiger partial charge on any atom is 0.209 e. The highest BCUT2D eigenvalue weighted by molar-refractivity contribution is 5.91. The van der Waals surface area contributed by atoms with E-state index < -0.39 is 5.79 Å². The van der Waals surface area contributed by atoms with E-state index in [1.54, 1.807) is 0 Å². The molecule has 2 aromatic rings. The minimum atomic E-state index is -0.958. The zero-order chi connectivity index (χ0) is 19.1. The van der Waals surface area contributed by atoms with Crippen LogP contribution in [-0.4, -0.2) is 38.4 Å². The second kappa shape index (κ2) is 6.55. The Morgan fingerprint density at radius 1 is 1.15 bits per heavy atom. The van der Waals surface area contributed by atoms with Gasteiger partial charge >= 0.3 is 0 Å². The molecule has 0 bridgehead atoms. The molecule has 1 saturated heterocycles. The van der Waals surface area contributed by atoms with Crippen molar-refractivity contribution in [2.45, 2.75) is 25.2 Å². The van der Waals surface area contributed by atoms with Gasteiger partial charge in [-0.3, -0.25) is 5.73 Å². The summed E-state index contributed by atoms with van der Waals surface area (Å²) in [5, 5.41) is 10.1. The average Bonchev–Trinajstić information content (AvgIpc) is 2.66. The lowest BCUT2D eigenvalue weighted by atomic mass is 10.0. The lowest BCUT2D eigenvalue weighted by Crippen LogP contribution is -2.57. The highest BCUT2D eigenvalue weighted by atomic mass is 15.3. The van der Waals surface area contributed by atoms with Gasteiger partial charge in [-0.25, -0.2) is 4.99 Å². The smallest absolute Gasteiger partial charge is 0.209 e. The molecule has 6 heteroatoms. The summed E-state index contributed by atoms with van der Waals surface area (Å²) in [6.07, 6.45) is 1.85. The first-order valence-corrected chi connectivity index (χ1v) is 9.43. The third kappa shape index (κ3) is 3.50. The van der Waals surface area contributed by atoms with Crippen molar-refractivity contribution in [1.82, 2.24) is 5.32 Å². The van der Waals surface area contributed by atoms with Crippen molar-refractivity contribution < 1.29 is 0 Å². The fourth-order valence-corrected chi connectivity index (χ4v) is 3.78. The van der Waals surface area contributed by atoms with Crippen LogP contribution in [0.15, 0.2) is 47.5 Å². The van der Waals surface area contributed by atoms with Crippen molar-refractivity contribution in [2.75, 3.05) is 42.2 Å². The normalized spacial score (nSPS) is 23.5. The Labute approximate surface area is 160 Å².